The number of hydrogen-bond acceptors (Lipinski definition) is 5. The average molecular weight is 375 g/mol. The van der Waals surface area contributed by atoms with Gasteiger partial charge in [-0.25, -0.2) is 8.42 Å². The van der Waals surface area contributed by atoms with Gasteiger partial charge < -0.3 is 9.64 Å². The van der Waals surface area contributed by atoms with Gasteiger partial charge >= 0.3 is 0 Å². The van der Waals surface area contributed by atoms with Crippen molar-refractivity contribution in [3.05, 3.63) is 34.5 Å². The molecule has 1 amide bonds. The van der Waals surface area contributed by atoms with Crippen LogP contribution in [-0.2, 0) is 14.8 Å². The van der Waals surface area contributed by atoms with Crippen molar-refractivity contribution >= 4 is 21.6 Å². The maximum absolute atomic E-state index is 12.5. The number of ether oxygens (including phenoxy) is 1. The minimum Gasteiger partial charge on any atom is -0.481 e. The van der Waals surface area contributed by atoms with Crippen molar-refractivity contribution in [2.24, 2.45) is 0 Å². The van der Waals surface area contributed by atoms with Crippen molar-refractivity contribution in [1.82, 2.24) is 9.62 Å². The van der Waals surface area contributed by atoms with Gasteiger partial charge in [0, 0.05) is 18.5 Å². The second-order valence-corrected chi connectivity index (χ2v) is 8.83. The zero-order chi connectivity index (χ0) is 19.3. The second kappa shape index (κ2) is 6.02. The molecule has 1 N–H and O–H groups in total. The molecule has 1 aromatic rings. The number of likely N-dealkylation sites (tertiary alicyclic amines) is 1. The smallest absolute Gasteiger partial charge is 0.229 e. The predicted molar refractivity (Wildman–Crippen MR) is 96.4 cm³/mol. The highest BCUT2D eigenvalue weighted by atomic mass is 32.2. The Hall–Kier alpha value is -2.53. The fraction of sp³-hybridized carbons (Fsp3) is 0.444. The molecule has 2 aliphatic heterocycles. The summed E-state index contributed by atoms with van der Waals surface area (Å²) in [5.41, 5.74) is 1.50. The van der Waals surface area contributed by atoms with Crippen LogP contribution >= 0.6 is 0 Å². The van der Waals surface area contributed by atoms with Crippen LogP contribution in [0.1, 0.15) is 43.4 Å². The molecule has 0 unspecified atom stereocenters. The first-order valence-electron chi connectivity index (χ1n) is 8.31. The van der Waals surface area contributed by atoms with Gasteiger partial charge in [-0.2, -0.15) is 5.26 Å². The first-order chi connectivity index (χ1) is 12.0. The number of sulfonamides is 1. The van der Waals surface area contributed by atoms with Gasteiger partial charge in [-0.3, -0.25) is 9.52 Å². The van der Waals surface area contributed by atoms with E-state index in [0.29, 0.717) is 53.2 Å². The number of hydrogen-bond donors (Lipinski definition) is 1. The third-order valence-electron chi connectivity index (χ3n) is 4.62. The summed E-state index contributed by atoms with van der Waals surface area (Å²) in [4.78, 5) is 14.1. The van der Waals surface area contributed by atoms with E-state index in [0.717, 1.165) is 6.26 Å². The Labute approximate surface area is 153 Å². The van der Waals surface area contributed by atoms with E-state index < -0.39 is 15.6 Å². The SMILES string of the molecule is Cc1c(C#N)ccc2c1C(N1CCCC1=O)=C(NS(C)(=O)=O)C(C)(C)O2. The second-order valence-electron chi connectivity index (χ2n) is 7.08. The molecule has 2 aliphatic rings. The third-order valence-corrected chi connectivity index (χ3v) is 5.19. The average Bonchev–Trinajstić information content (AvgIpc) is 2.93. The van der Waals surface area contributed by atoms with E-state index in [-0.39, 0.29) is 5.91 Å². The van der Waals surface area contributed by atoms with Crippen LogP contribution in [0.15, 0.2) is 17.8 Å². The van der Waals surface area contributed by atoms with Gasteiger partial charge in [0.15, 0.2) is 0 Å². The van der Waals surface area contributed by atoms with Crippen LogP contribution in [0.25, 0.3) is 5.70 Å². The summed E-state index contributed by atoms with van der Waals surface area (Å²) < 4.78 is 32.6. The molecular formula is C18H21N3O4S. The van der Waals surface area contributed by atoms with Crippen molar-refractivity contribution in [2.45, 2.75) is 39.2 Å². The zero-order valence-electron chi connectivity index (χ0n) is 15.2. The maximum Gasteiger partial charge on any atom is 0.229 e. The van der Waals surface area contributed by atoms with Crippen molar-refractivity contribution in [2.75, 3.05) is 12.8 Å². The summed E-state index contributed by atoms with van der Waals surface area (Å²) in [5.74, 6) is 0.457. The van der Waals surface area contributed by atoms with Gasteiger partial charge in [-0.1, -0.05) is 0 Å². The van der Waals surface area contributed by atoms with Gasteiger partial charge in [-0.05, 0) is 44.9 Å². The van der Waals surface area contributed by atoms with Gasteiger partial charge in [0.05, 0.1) is 29.3 Å². The molecule has 26 heavy (non-hydrogen) atoms. The highest BCUT2D eigenvalue weighted by Gasteiger charge is 2.42. The Morgan fingerprint density at radius 2 is 2.04 bits per heavy atom. The Morgan fingerprint density at radius 3 is 2.58 bits per heavy atom. The van der Waals surface area contributed by atoms with Crippen LogP contribution in [0.2, 0.25) is 0 Å². The van der Waals surface area contributed by atoms with Gasteiger partial charge in [-0.15, -0.1) is 0 Å². The van der Waals surface area contributed by atoms with Gasteiger partial charge in [0.1, 0.15) is 11.4 Å². The van der Waals surface area contributed by atoms with E-state index in [1.54, 1.807) is 37.8 Å². The molecule has 3 rings (SSSR count). The van der Waals surface area contributed by atoms with E-state index >= 15 is 0 Å². The molecule has 0 bridgehead atoms. The fourth-order valence-electron chi connectivity index (χ4n) is 3.43. The highest BCUT2D eigenvalue weighted by molar-refractivity contribution is 7.88. The molecule has 138 valence electrons. The van der Waals surface area contributed by atoms with E-state index in [1.165, 1.54) is 0 Å². The number of carbonyl (C=O) groups excluding carboxylic acids is 1. The number of fused-ring (bicyclic) bond motifs is 1. The lowest BCUT2D eigenvalue weighted by molar-refractivity contribution is -0.125. The molecule has 7 nitrogen and oxygen atoms in total. The number of nitriles is 1. The molecule has 1 aromatic carbocycles. The van der Waals surface area contributed by atoms with E-state index in [9.17, 15) is 18.5 Å². The number of rotatable bonds is 3. The molecule has 0 spiro atoms. The molecule has 0 aromatic heterocycles. The molecule has 0 radical (unpaired) electrons. The van der Waals surface area contributed by atoms with Crippen molar-refractivity contribution < 1.29 is 17.9 Å². The van der Waals surface area contributed by atoms with Crippen LogP contribution in [-0.4, -0.2) is 37.6 Å². The minimum atomic E-state index is -3.60. The standard InChI is InChI=1S/C18H21N3O4S/c1-11-12(10-19)7-8-13-15(11)16(21-9-5-6-14(21)22)17(18(2,3)25-13)20-26(4,23)24/h7-8,20H,5-6,9H2,1-4H3. The Morgan fingerprint density at radius 1 is 1.35 bits per heavy atom. The first kappa shape index (κ1) is 18.3. The maximum atomic E-state index is 12.5. The number of carbonyl (C=O) groups is 1. The first-order valence-corrected chi connectivity index (χ1v) is 10.2. The zero-order valence-corrected chi connectivity index (χ0v) is 16.0. The number of nitrogens with one attached hydrogen (secondary N) is 1. The van der Waals surface area contributed by atoms with Crippen molar-refractivity contribution in [1.29, 1.82) is 5.26 Å². The molecule has 2 heterocycles. The third kappa shape index (κ3) is 3.03. The Balaban J connectivity index is 2.38. The lowest BCUT2D eigenvalue weighted by Gasteiger charge is -2.40. The summed E-state index contributed by atoms with van der Waals surface area (Å²) in [5, 5.41) is 9.38. The highest BCUT2D eigenvalue weighted by Crippen LogP contribution is 2.45. The normalized spacial score (nSPS) is 19.0. The fourth-order valence-corrected chi connectivity index (χ4v) is 4.15. The quantitative estimate of drug-likeness (QED) is 0.869. The summed E-state index contributed by atoms with van der Waals surface area (Å²) in [7, 11) is -3.60. The topological polar surface area (TPSA) is 99.5 Å². The number of nitrogens with zero attached hydrogens (tertiary/aromatic N) is 2. The Kier molecular flexibility index (Phi) is 4.23. The van der Waals surface area contributed by atoms with Crippen LogP contribution in [0.4, 0.5) is 0 Å². The number of benzene rings is 1. The summed E-state index contributed by atoms with van der Waals surface area (Å²) in [6, 6.07) is 5.50. The predicted octanol–water partition coefficient (Wildman–Crippen LogP) is 1.88. The lowest BCUT2D eigenvalue weighted by Crippen LogP contribution is -2.46. The minimum absolute atomic E-state index is 0.0711. The van der Waals surface area contributed by atoms with Crippen molar-refractivity contribution in [3.63, 3.8) is 0 Å². The van der Waals surface area contributed by atoms with Crippen molar-refractivity contribution in [3.8, 4) is 11.8 Å². The lowest BCUT2D eigenvalue weighted by atomic mass is 9.90. The summed E-state index contributed by atoms with van der Waals surface area (Å²) in [6.45, 7) is 5.77. The van der Waals surface area contributed by atoms with Crippen LogP contribution in [0.3, 0.4) is 0 Å². The van der Waals surface area contributed by atoms with E-state index in [1.807, 2.05) is 0 Å². The molecule has 8 heteroatoms. The molecule has 1 saturated heterocycles. The molecule has 0 atom stereocenters. The van der Waals surface area contributed by atoms with E-state index in [4.69, 9.17) is 4.74 Å². The molecule has 0 saturated carbocycles. The molecule has 1 fully saturated rings. The van der Waals surface area contributed by atoms with Crippen LogP contribution in [0, 0.1) is 18.3 Å². The molecular weight excluding hydrogens is 354 g/mol. The van der Waals surface area contributed by atoms with Crippen LogP contribution < -0.4 is 9.46 Å². The summed E-state index contributed by atoms with van der Waals surface area (Å²) in [6.07, 6.45) is 2.17. The summed E-state index contributed by atoms with van der Waals surface area (Å²) >= 11 is 0. The monoisotopic (exact) mass is 375 g/mol. The van der Waals surface area contributed by atoms with Gasteiger partial charge in [0.2, 0.25) is 15.9 Å². The van der Waals surface area contributed by atoms with E-state index in [2.05, 4.69) is 10.8 Å². The molecule has 0 aliphatic carbocycles. The number of amides is 1. The Bertz CT molecular complexity index is 971. The largest absolute Gasteiger partial charge is 0.481 e. The van der Waals surface area contributed by atoms with Crippen LogP contribution in [0.5, 0.6) is 5.75 Å². The van der Waals surface area contributed by atoms with Gasteiger partial charge in [0.25, 0.3) is 0 Å².